The summed E-state index contributed by atoms with van der Waals surface area (Å²) in [5.74, 6) is 0. The highest BCUT2D eigenvalue weighted by Crippen LogP contribution is 1.72. The summed E-state index contributed by atoms with van der Waals surface area (Å²) in [5.41, 5.74) is 7.70. The van der Waals surface area contributed by atoms with Gasteiger partial charge in [-0.3, -0.25) is 0 Å². The smallest absolute Gasteiger partial charge is 0.0440 e. The van der Waals surface area contributed by atoms with Gasteiger partial charge in [0, 0.05) is 11.5 Å². The Morgan fingerprint density at radius 1 is 1.86 bits per heavy atom. The molecule has 0 rings (SSSR count). The zero-order valence-corrected chi connectivity index (χ0v) is 3.91. The van der Waals surface area contributed by atoms with Crippen molar-refractivity contribution in [3.05, 3.63) is 29.5 Å². The van der Waals surface area contributed by atoms with Crippen LogP contribution in [0.4, 0.5) is 0 Å². The number of allylic oxidation sites excluding steroid dienone is 1. The lowest BCUT2D eigenvalue weighted by Crippen LogP contribution is -1.61. The lowest BCUT2D eigenvalue weighted by molar-refractivity contribution is 1.21. The van der Waals surface area contributed by atoms with Gasteiger partial charge in [-0.2, -0.15) is 0 Å². The SMILES string of the molecule is [CH2]/C=C/CN=[N+]=[N-]. The highest BCUT2D eigenvalue weighted by Gasteiger charge is 1.61. The van der Waals surface area contributed by atoms with Gasteiger partial charge in [0.05, 0.1) is 0 Å². The van der Waals surface area contributed by atoms with Crippen LogP contribution in [0, 0.1) is 6.92 Å². The summed E-state index contributed by atoms with van der Waals surface area (Å²) in [6, 6.07) is 0. The first-order valence-corrected chi connectivity index (χ1v) is 1.87. The van der Waals surface area contributed by atoms with Crippen LogP contribution in [0.5, 0.6) is 0 Å². The summed E-state index contributed by atoms with van der Waals surface area (Å²) >= 11 is 0. The van der Waals surface area contributed by atoms with E-state index in [4.69, 9.17) is 5.53 Å². The molecule has 0 aromatic rings. The highest BCUT2D eigenvalue weighted by atomic mass is 15.1. The minimum Gasteiger partial charge on any atom is -0.0899 e. The van der Waals surface area contributed by atoms with Gasteiger partial charge in [0.1, 0.15) is 0 Å². The van der Waals surface area contributed by atoms with Gasteiger partial charge in [-0.05, 0) is 12.5 Å². The van der Waals surface area contributed by atoms with E-state index in [0.29, 0.717) is 6.54 Å². The Kier molecular flexibility index (Phi) is 4.36. The number of hydrogen-bond donors (Lipinski definition) is 0. The average molecular weight is 96.1 g/mol. The van der Waals surface area contributed by atoms with Crippen molar-refractivity contribution in [1.82, 2.24) is 0 Å². The minimum absolute atomic E-state index is 0.403. The van der Waals surface area contributed by atoms with Crippen LogP contribution in [-0.4, -0.2) is 6.54 Å². The molecule has 0 aromatic heterocycles. The molecule has 0 aliphatic heterocycles. The third-order valence-corrected chi connectivity index (χ3v) is 0.417. The van der Waals surface area contributed by atoms with Gasteiger partial charge in [-0.25, -0.2) is 0 Å². The zero-order valence-electron chi connectivity index (χ0n) is 3.91. The van der Waals surface area contributed by atoms with E-state index in [9.17, 15) is 0 Å². The van der Waals surface area contributed by atoms with E-state index in [1.54, 1.807) is 12.2 Å². The Morgan fingerprint density at radius 3 is 3.00 bits per heavy atom. The fraction of sp³-hybridized carbons (Fsp3) is 0.250. The maximum atomic E-state index is 7.70. The molecule has 0 aromatic carbocycles. The van der Waals surface area contributed by atoms with E-state index < -0.39 is 0 Å². The first-order chi connectivity index (χ1) is 3.41. The molecule has 7 heavy (non-hydrogen) atoms. The molecule has 3 nitrogen and oxygen atoms in total. The molecule has 0 aliphatic rings. The van der Waals surface area contributed by atoms with Crippen molar-refractivity contribution in [1.29, 1.82) is 0 Å². The van der Waals surface area contributed by atoms with Crippen molar-refractivity contribution in [2.24, 2.45) is 5.11 Å². The Morgan fingerprint density at radius 2 is 2.57 bits per heavy atom. The fourth-order valence-electron chi connectivity index (χ4n) is 0.158. The van der Waals surface area contributed by atoms with E-state index in [-0.39, 0.29) is 0 Å². The van der Waals surface area contributed by atoms with Gasteiger partial charge in [-0.1, -0.05) is 17.3 Å². The molecule has 0 atom stereocenters. The summed E-state index contributed by atoms with van der Waals surface area (Å²) in [6.45, 7) is 3.80. The van der Waals surface area contributed by atoms with Crippen molar-refractivity contribution in [2.75, 3.05) is 6.54 Å². The monoisotopic (exact) mass is 96.1 g/mol. The highest BCUT2D eigenvalue weighted by molar-refractivity contribution is 4.85. The Bertz CT molecular complexity index is 99.5. The van der Waals surface area contributed by atoms with Crippen LogP contribution in [0.1, 0.15) is 0 Å². The number of hydrogen-bond acceptors (Lipinski definition) is 1. The topological polar surface area (TPSA) is 48.8 Å². The van der Waals surface area contributed by atoms with Gasteiger partial charge < -0.3 is 0 Å². The third kappa shape index (κ3) is 5.05. The molecule has 0 fully saturated rings. The quantitative estimate of drug-likeness (QED) is 0.285. The maximum absolute atomic E-state index is 7.70. The van der Waals surface area contributed by atoms with Gasteiger partial charge in [0.25, 0.3) is 0 Å². The predicted molar refractivity (Wildman–Crippen MR) is 28.5 cm³/mol. The normalized spacial score (nSPS) is 8.71. The summed E-state index contributed by atoms with van der Waals surface area (Å²) in [6.07, 6.45) is 3.27. The maximum Gasteiger partial charge on any atom is 0.0440 e. The summed E-state index contributed by atoms with van der Waals surface area (Å²) in [7, 11) is 0. The Hall–Kier alpha value is -0.950. The Labute approximate surface area is 42.3 Å². The lowest BCUT2D eigenvalue weighted by Gasteiger charge is -1.68. The third-order valence-electron chi connectivity index (χ3n) is 0.417. The summed E-state index contributed by atoms with van der Waals surface area (Å²) < 4.78 is 0. The van der Waals surface area contributed by atoms with Gasteiger partial charge in [0.15, 0.2) is 0 Å². The molecule has 0 N–H and O–H groups in total. The number of azide groups is 1. The fourth-order valence-corrected chi connectivity index (χ4v) is 0.158. The van der Waals surface area contributed by atoms with Crippen LogP contribution in [0.3, 0.4) is 0 Å². The molecular weight excluding hydrogens is 90.1 g/mol. The van der Waals surface area contributed by atoms with E-state index in [0.717, 1.165) is 0 Å². The van der Waals surface area contributed by atoms with Crippen LogP contribution in [0.25, 0.3) is 10.4 Å². The van der Waals surface area contributed by atoms with E-state index >= 15 is 0 Å². The second kappa shape index (κ2) is 5.05. The van der Waals surface area contributed by atoms with E-state index in [1.807, 2.05) is 0 Å². The predicted octanol–water partition coefficient (Wildman–Crippen LogP) is 1.69. The van der Waals surface area contributed by atoms with Crippen molar-refractivity contribution in [2.45, 2.75) is 0 Å². The molecule has 0 saturated carbocycles. The molecule has 37 valence electrons. The second-order valence-electron chi connectivity index (χ2n) is 0.885. The van der Waals surface area contributed by atoms with Crippen molar-refractivity contribution >= 4 is 0 Å². The molecule has 1 radical (unpaired) electrons. The van der Waals surface area contributed by atoms with Gasteiger partial charge in [-0.15, -0.1) is 0 Å². The summed E-state index contributed by atoms with van der Waals surface area (Å²) in [5, 5.41) is 3.22. The standard InChI is InChI=1S/C4H6N3/c1-2-3-4-6-7-5/h2-3H,1,4H2/b3-2+. The number of rotatable bonds is 2. The minimum atomic E-state index is 0.403. The van der Waals surface area contributed by atoms with Crippen LogP contribution >= 0.6 is 0 Å². The molecule has 0 spiro atoms. The van der Waals surface area contributed by atoms with Crippen molar-refractivity contribution in [3.63, 3.8) is 0 Å². The molecule has 0 aliphatic carbocycles. The molecule has 0 unspecified atom stereocenters. The van der Waals surface area contributed by atoms with Crippen LogP contribution < -0.4 is 0 Å². The first-order valence-electron chi connectivity index (χ1n) is 1.87. The van der Waals surface area contributed by atoms with Crippen molar-refractivity contribution in [3.8, 4) is 0 Å². The van der Waals surface area contributed by atoms with E-state index in [2.05, 4.69) is 16.9 Å². The summed E-state index contributed by atoms with van der Waals surface area (Å²) in [4.78, 5) is 2.52. The van der Waals surface area contributed by atoms with Gasteiger partial charge >= 0.3 is 0 Å². The molecule has 3 heteroatoms. The zero-order chi connectivity index (χ0) is 5.54. The van der Waals surface area contributed by atoms with Crippen LogP contribution in [0.2, 0.25) is 0 Å². The lowest BCUT2D eigenvalue weighted by atomic mass is 10.5. The first kappa shape index (κ1) is 6.05. The molecule has 0 saturated heterocycles. The molecule has 0 heterocycles. The van der Waals surface area contributed by atoms with Crippen molar-refractivity contribution < 1.29 is 0 Å². The van der Waals surface area contributed by atoms with E-state index in [1.165, 1.54) is 0 Å². The molecular formula is C4H6N3. The average Bonchev–Trinajstić information content (AvgIpc) is 1.69. The number of nitrogens with zero attached hydrogens (tertiary/aromatic N) is 3. The van der Waals surface area contributed by atoms with Crippen LogP contribution in [0.15, 0.2) is 17.3 Å². The van der Waals surface area contributed by atoms with Crippen LogP contribution in [-0.2, 0) is 0 Å². The Balaban J connectivity index is 3.15. The van der Waals surface area contributed by atoms with Gasteiger partial charge in [0.2, 0.25) is 0 Å². The molecule has 0 amide bonds. The second-order valence-corrected chi connectivity index (χ2v) is 0.885. The molecule has 0 bridgehead atoms. The largest absolute Gasteiger partial charge is 0.0899 e.